The smallest absolute Gasteiger partial charge is 0.364 e. The van der Waals surface area contributed by atoms with Gasteiger partial charge in [-0.15, -0.1) is 4.94 Å². The molecule has 7 heavy (non-hydrogen) atoms. The molecule has 0 spiro atoms. The fourth-order valence-electron chi connectivity index (χ4n) is 0.0381. The molecule has 1 atom stereocenters. The lowest BCUT2D eigenvalue weighted by molar-refractivity contribution is -0.256. The van der Waals surface area contributed by atoms with Crippen LogP contribution in [-0.2, 0) is 9.74 Å². The number of hydrogen-bond acceptors (Lipinski definition) is 3. The van der Waals surface area contributed by atoms with Gasteiger partial charge in [-0.1, -0.05) is 0 Å². The quantitative estimate of drug-likeness (QED) is 0.461. The van der Waals surface area contributed by atoms with Gasteiger partial charge in [-0.3, -0.25) is 0 Å². The van der Waals surface area contributed by atoms with E-state index in [-0.39, 0.29) is 0 Å². The van der Waals surface area contributed by atoms with E-state index in [9.17, 15) is 9.32 Å². The standard InChI is InChI=1S/C2H3FO4/c3-7-2(6)1(4)5/h2,6H,(H,4,5). The number of hydrogen-bond donors (Lipinski definition) is 2. The first-order chi connectivity index (χ1) is 3.18. The number of carbonyl (C=O) groups is 1. The van der Waals surface area contributed by atoms with Crippen LogP contribution in [0.3, 0.4) is 0 Å². The van der Waals surface area contributed by atoms with Crippen LogP contribution in [0.15, 0.2) is 0 Å². The molecule has 0 saturated heterocycles. The molecule has 0 amide bonds. The molecule has 0 fully saturated rings. The lowest BCUT2D eigenvalue weighted by atomic mass is 10.7. The lowest BCUT2D eigenvalue weighted by Crippen LogP contribution is -2.19. The Balaban J connectivity index is 3.34. The highest BCUT2D eigenvalue weighted by Gasteiger charge is 2.12. The molecule has 5 heteroatoms. The second kappa shape index (κ2) is 2.49. The Labute approximate surface area is 38.0 Å². The summed E-state index contributed by atoms with van der Waals surface area (Å²) in [4.78, 5) is 11.8. The fourth-order valence-corrected chi connectivity index (χ4v) is 0.0381. The molecule has 4 nitrogen and oxygen atoms in total. The first-order valence-corrected chi connectivity index (χ1v) is 1.36. The van der Waals surface area contributed by atoms with E-state index in [1.807, 2.05) is 0 Å². The summed E-state index contributed by atoms with van der Waals surface area (Å²) in [5.74, 6) is -1.75. The van der Waals surface area contributed by atoms with Gasteiger partial charge in [0.2, 0.25) is 0 Å². The van der Waals surface area contributed by atoms with Crippen LogP contribution in [-0.4, -0.2) is 22.5 Å². The van der Waals surface area contributed by atoms with Crippen molar-refractivity contribution in [2.75, 3.05) is 0 Å². The average molecular weight is 110 g/mol. The van der Waals surface area contributed by atoms with Crippen molar-refractivity contribution in [1.29, 1.82) is 0 Å². The minimum Gasteiger partial charge on any atom is -0.477 e. The van der Waals surface area contributed by atoms with E-state index in [4.69, 9.17) is 10.2 Å². The van der Waals surface area contributed by atoms with Gasteiger partial charge in [-0.25, -0.2) is 4.79 Å². The molecular weight excluding hydrogens is 107 g/mol. The Morgan fingerprint density at radius 3 is 2.29 bits per heavy atom. The summed E-state index contributed by atoms with van der Waals surface area (Å²) in [6.07, 6.45) is -2.35. The normalized spacial score (nSPS) is 13.4. The molecule has 0 aromatic carbocycles. The van der Waals surface area contributed by atoms with Gasteiger partial charge in [0, 0.05) is 0 Å². The molecule has 0 heterocycles. The summed E-state index contributed by atoms with van der Waals surface area (Å²) in [5, 5.41) is 15.3. The zero-order valence-electron chi connectivity index (χ0n) is 3.17. The largest absolute Gasteiger partial charge is 0.477 e. The van der Waals surface area contributed by atoms with Crippen LogP contribution in [0, 0.1) is 0 Å². The molecule has 0 radical (unpaired) electrons. The van der Waals surface area contributed by atoms with Crippen LogP contribution >= 0.6 is 0 Å². The maximum absolute atomic E-state index is 10.5. The molecule has 0 saturated carbocycles. The third-order valence-corrected chi connectivity index (χ3v) is 0.296. The number of carboxylic acid groups (broad SMARTS) is 1. The van der Waals surface area contributed by atoms with Gasteiger partial charge in [0.05, 0.1) is 0 Å². The summed E-state index contributed by atoms with van der Waals surface area (Å²) in [6, 6.07) is 0. The minimum atomic E-state index is -2.35. The van der Waals surface area contributed by atoms with Crippen molar-refractivity contribution in [3.8, 4) is 0 Å². The van der Waals surface area contributed by atoms with Gasteiger partial charge in [-0.2, -0.15) is 0 Å². The topological polar surface area (TPSA) is 66.8 Å². The third-order valence-electron chi connectivity index (χ3n) is 0.296. The molecule has 0 bridgehead atoms. The molecule has 2 N–H and O–H groups in total. The van der Waals surface area contributed by atoms with E-state index in [1.165, 1.54) is 0 Å². The van der Waals surface area contributed by atoms with Crippen LogP contribution in [0.2, 0.25) is 0 Å². The van der Waals surface area contributed by atoms with Gasteiger partial charge >= 0.3 is 5.97 Å². The summed E-state index contributed by atoms with van der Waals surface area (Å²) < 4.78 is 10.5. The molecule has 0 aromatic rings. The van der Waals surface area contributed by atoms with E-state index in [0.29, 0.717) is 0 Å². The zero-order valence-corrected chi connectivity index (χ0v) is 3.17. The molecule has 0 rings (SSSR count). The Morgan fingerprint density at radius 2 is 2.29 bits per heavy atom. The minimum absolute atomic E-state index is 1.75. The van der Waals surface area contributed by atoms with Gasteiger partial charge in [0.15, 0.2) is 0 Å². The second-order valence-electron chi connectivity index (χ2n) is 0.780. The maximum atomic E-state index is 10.5. The predicted octanol–water partition coefficient (Wildman–Crippen LogP) is -0.710. The second-order valence-corrected chi connectivity index (χ2v) is 0.780. The van der Waals surface area contributed by atoms with Crippen LogP contribution in [0.5, 0.6) is 0 Å². The first kappa shape index (κ1) is 6.32. The Kier molecular flexibility index (Phi) is 2.24. The summed E-state index contributed by atoms with van der Waals surface area (Å²) in [7, 11) is 0. The van der Waals surface area contributed by atoms with Crippen molar-refractivity contribution in [3.63, 3.8) is 0 Å². The zero-order chi connectivity index (χ0) is 5.86. The third kappa shape index (κ3) is 2.07. The SMILES string of the molecule is O=C(O)C(O)OF. The molecule has 0 aliphatic heterocycles. The van der Waals surface area contributed by atoms with Crippen molar-refractivity contribution in [1.82, 2.24) is 0 Å². The van der Waals surface area contributed by atoms with E-state index in [0.717, 1.165) is 0 Å². The Hall–Kier alpha value is -0.680. The number of rotatable bonds is 2. The van der Waals surface area contributed by atoms with E-state index < -0.39 is 12.3 Å². The van der Waals surface area contributed by atoms with Crippen LogP contribution < -0.4 is 0 Å². The molecule has 0 aliphatic carbocycles. The number of halogens is 1. The molecule has 0 aromatic heterocycles. The van der Waals surface area contributed by atoms with Gasteiger partial charge < -0.3 is 10.2 Å². The van der Waals surface area contributed by atoms with Gasteiger partial charge in [0.25, 0.3) is 6.29 Å². The maximum Gasteiger partial charge on any atom is 0.364 e. The number of aliphatic carboxylic acids is 1. The highest BCUT2D eigenvalue weighted by Crippen LogP contribution is 1.83. The van der Waals surface area contributed by atoms with Gasteiger partial charge in [0.1, 0.15) is 0 Å². The van der Waals surface area contributed by atoms with Crippen molar-refractivity contribution >= 4 is 5.97 Å². The van der Waals surface area contributed by atoms with Crippen LogP contribution in [0.4, 0.5) is 4.53 Å². The number of carboxylic acids is 1. The lowest BCUT2D eigenvalue weighted by Gasteiger charge is -1.92. The summed E-state index contributed by atoms with van der Waals surface area (Å²) >= 11 is 0. The number of aliphatic hydroxyl groups excluding tert-OH is 1. The Morgan fingerprint density at radius 1 is 1.86 bits per heavy atom. The van der Waals surface area contributed by atoms with Crippen LogP contribution in [0.1, 0.15) is 0 Å². The summed E-state index contributed by atoms with van der Waals surface area (Å²) in [5.41, 5.74) is 0. The van der Waals surface area contributed by atoms with E-state index >= 15 is 0 Å². The molecule has 42 valence electrons. The van der Waals surface area contributed by atoms with Crippen molar-refractivity contribution in [3.05, 3.63) is 0 Å². The predicted molar refractivity (Wildman–Crippen MR) is 15.8 cm³/mol. The Bertz CT molecular complexity index is 72.1. The molecule has 1 unspecified atom stereocenters. The van der Waals surface area contributed by atoms with Crippen molar-refractivity contribution < 1.29 is 24.5 Å². The van der Waals surface area contributed by atoms with E-state index in [1.54, 1.807) is 0 Å². The fraction of sp³-hybridized carbons (Fsp3) is 0.500. The average Bonchev–Trinajstić information content (AvgIpc) is 1.65. The van der Waals surface area contributed by atoms with Crippen molar-refractivity contribution in [2.24, 2.45) is 0 Å². The molecule has 0 aliphatic rings. The van der Waals surface area contributed by atoms with Crippen molar-refractivity contribution in [2.45, 2.75) is 6.29 Å². The highest BCUT2D eigenvalue weighted by atomic mass is 19.3. The highest BCUT2D eigenvalue weighted by molar-refractivity contribution is 5.70. The molecular formula is C2H3FO4. The van der Waals surface area contributed by atoms with E-state index in [2.05, 4.69) is 4.94 Å². The van der Waals surface area contributed by atoms with Crippen LogP contribution in [0.25, 0.3) is 0 Å². The monoisotopic (exact) mass is 110 g/mol. The number of aliphatic hydroxyl groups is 1. The van der Waals surface area contributed by atoms with Gasteiger partial charge in [-0.05, 0) is 4.53 Å². The summed E-state index contributed by atoms with van der Waals surface area (Å²) in [6.45, 7) is 0. The first-order valence-electron chi connectivity index (χ1n) is 1.36.